The van der Waals surface area contributed by atoms with E-state index < -0.39 is 17.7 Å². The maximum atomic E-state index is 13.4. The number of benzene rings is 2. The SMILES string of the molecule is O=C(CNC(=O)c1ccc(Cl)c(Cl)c1)OCc1ccccc1F. The zero-order valence-corrected chi connectivity index (χ0v) is 13.3. The third-order valence-corrected chi connectivity index (χ3v) is 3.66. The van der Waals surface area contributed by atoms with Crippen molar-refractivity contribution in [3.8, 4) is 0 Å². The molecule has 0 saturated carbocycles. The summed E-state index contributed by atoms with van der Waals surface area (Å²) in [7, 11) is 0. The molecule has 0 aromatic heterocycles. The lowest BCUT2D eigenvalue weighted by Crippen LogP contribution is -2.30. The van der Waals surface area contributed by atoms with Crippen LogP contribution in [0.2, 0.25) is 10.0 Å². The summed E-state index contributed by atoms with van der Waals surface area (Å²) in [6, 6.07) is 10.3. The Labute approximate surface area is 142 Å². The molecule has 23 heavy (non-hydrogen) atoms. The van der Waals surface area contributed by atoms with Crippen LogP contribution < -0.4 is 5.32 Å². The van der Waals surface area contributed by atoms with Crippen molar-refractivity contribution >= 4 is 35.1 Å². The maximum Gasteiger partial charge on any atom is 0.325 e. The van der Waals surface area contributed by atoms with E-state index in [0.717, 1.165) is 0 Å². The molecule has 0 bridgehead atoms. The first-order chi connectivity index (χ1) is 11.0. The van der Waals surface area contributed by atoms with Crippen molar-refractivity contribution in [2.45, 2.75) is 6.61 Å². The van der Waals surface area contributed by atoms with Gasteiger partial charge in [-0.05, 0) is 24.3 Å². The van der Waals surface area contributed by atoms with Gasteiger partial charge < -0.3 is 10.1 Å². The van der Waals surface area contributed by atoms with Crippen molar-refractivity contribution in [3.05, 3.63) is 69.5 Å². The number of hydrogen-bond acceptors (Lipinski definition) is 3. The van der Waals surface area contributed by atoms with Gasteiger partial charge >= 0.3 is 5.97 Å². The monoisotopic (exact) mass is 355 g/mol. The molecule has 0 aliphatic heterocycles. The first-order valence-corrected chi connectivity index (χ1v) is 7.35. The highest BCUT2D eigenvalue weighted by atomic mass is 35.5. The number of halogens is 3. The minimum atomic E-state index is -0.679. The minimum Gasteiger partial charge on any atom is -0.459 e. The largest absolute Gasteiger partial charge is 0.459 e. The van der Waals surface area contributed by atoms with Gasteiger partial charge in [0.15, 0.2) is 0 Å². The molecule has 0 saturated heterocycles. The third-order valence-electron chi connectivity index (χ3n) is 2.92. The summed E-state index contributed by atoms with van der Waals surface area (Å²) in [4.78, 5) is 23.4. The molecule has 1 N–H and O–H groups in total. The van der Waals surface area contributed by atoms with E-state index in [0.29, 0.717) is 5.02 Å². The highest BCUT2D eigenvalue weighted by Gasteiger charge is 2.11. The predicted molar refractivity (Wildman–Crippen MR) is 85.0 cm³/mol. The number of ether oxygens (including phenoxy) is 1. The molecule has 0 radical (unpaired) electrons. The Morgan fingerprint density at radius 1 is 1.09 bits per heavy atom. The van der Waals surface area contributed by atoms with Crippen molar-refractivity contribution in [1.29, 1.82) is 0 Å². The van der Waals surface area contributed by atoms with Crippen LogP contribution in [0.5, 0.6) is 0 Å². The van der Waals surface area contributed by atoms with E-state index in [2.05, 4.69) is 5.32 Å². The molecule has 0 aliphatic carbocycles. The molecule has 2 aromatic rings. The summed E-state index contributed by atoms with van der Waals surface area (Å²) in [6.45, 7) is -0.540. The van der Waals surface area contributed by atoms with Crippen molar-refractivity contribution in [1.82, 2.24) is 5.32 Å². The van der Waals surface area contributed by atoms with E-state index in [1.807, 2.05) is 0 Å². The topological polar surface area (TPSA) is 55.4 Å². The van der Waals surface area contributed by atoms with E-state index in [9.17, 15) is 14.0 Å². The second-order valence-electron chi connectivity index (χ2n) is 4.56. The van der Waals surface area contributed by atoms with Crippen LogP contribution in [0.1, 0.15) is 15.9 Å². The first-order valence-electron chi connectivity index (χ1n) is 6.59. The molecule has 120 valence electrons. The normalized spacial score (nSPS) is 10.2. The Hall–Kier alpha value is -2.11. The third kappa shape index (κ3) is 4.94. The molecule has 0 heterocycles. The first kappa shape index (κ1) is 17.2. The Morgan fingerprint density at radius 2 is 1.83 bits per heavy atom. The van der Waals surface area contributed by atoms with Crippen molar-refractivity contribution < 1.29 is 18.7 Å². The fourth-order valence-corrected chi connectivity index (χ4v) is 2.01. The quantitative estimate of drug-likeness (QED) is 0.833. The number of nitrogens with one attached hydrogen (secondary N) is 1. The summed E-state index contributed by atoms with van der Waals surface area (Å²) < 4.78 is 18.3. The zero-order valence-electron chi connectivity index (χ0n) is 11.8. The average Bonchev–Trinajstić information content (AvgIpc) is 2.54. The molecule has 0 unspecified atom stereocenters. The Bertz CT molecular complexity index is 737. The van der Waals surface area contributed by atoms with Crippen LogP contribution in [-0.4, -0.2) is 18.4 Å². The van der Waals surface area contributed by atoms with Gasteiger partial charge in [-0.3, -0.25) is 9.59 Å². The van der Waals surface area contributed by atoms with Crippen LogP contribution in [0.3, 0.4) is 0 Å². The molecule has 1 amide bonds. The number of carbonyl (C=O) groups excluding carboxylic acids is 2. The van der Waals surface area contributed by atoms with E-state index in [1.54, 1.807) is 6.07 Å². The lowest BCUT2D eigenvalue weighted by atomic mass is 10.2. The molecule has 4 nitrogen and oxygen atoms in total. The molecule has 0 fully saturated rings. The molecular weight excluding hydrogens is 344 g/mol. The van der Waals surface area contributed by atoms with Crippen molar-refractivity contribution in [3.63, 3.8) is 0 Å². The smallest absolute Gasteiger partial charge is 0.325 e. The predicted octanol–water partition coefficient (Wildman–Crippen LogP) is 3.61. The Kier molecular flexibility index (Phi) is 5.96. The summed E-state index contributed by atoms with van der Waals surface area (Å²) in [5.41, 5.74) is 0.526. The number of hydrogen-bond donors (Lipinski definition) is 1. The van der Waals surface area contributed by atoms with Gasteiger partial charge in [0.25, 0.3) is 5.91 Å². The minimum absolute atomic E-state index is 0.200. The van der Waals surface area contributed by atoms with Gasteiger partial charge in [-0.2, -0.15) is 0 Å². The van der Waals surface area contributed by atoms with Crippen LogP contribution in [0.4, 0.5) is 4.39 Å². The van der Waals surface area contributed by atoms with Crippen LogP contribution >= 0.6 is 23.2 Å². The standard InChI is InChI=1S/C16H12Cl2FNO3/c17-12-6-5-10(7-13(12)18)16(22)20-8-15(21)23-9-11-3-1-2-4-14(11)19/h1-7H,8-9H2,(H,20,22). The molecule has 7 heteroatoms. The summed E-state index contributed by atoms with van der Waals surface area (Å²) >= 11 is 11.6. The fourth-order valence-electron chi connectivity index (χ4n) is 1.72. The van der Waals surface area contributed by atoms with Gasteiger partial charge in [-0.15, -0.1) is 0 Å². The van der Waals surface area contributed by atoms with Crippen LogP contribution in [0.15, 0.2) is 42.5 Å². The fraction of sp³-hybridized carbons (Fsp3) is 0.125. The van der Waals surface area contributed by atoms with Crippen molar-refractivity contribution in [2.24, 2.45) is 0 Å². The summed E-state index contributed by atoms with van der Waals surface area (Å²) in [5, 5.41) is 2.95. The average molecular weight is 356 g/mol. The van der Waals surface area contributed by atoms with Crippen LogP contribution in [-0.2, 0) is 16.1 Å². The number of esters is 1. The molecule has 0 atom stereocenters. The van der Waals surface area contributed by atoms with Gasteiger partial charge in [-0.1, -0.05) is 41.4 Å². The number of rotatable bonds is 5. The molecule has 2 aromatic carbocycles. The van der Waals surface area contributed by atoms with E-state index in [4.69, 9.17) is 27.9 Å². The van der Waals surface area contributed by atoms with Crippen molar-refractivity contribution in [2.75, 3.05) is 6.54 Å². The van der Waals surface area contributed by atoms with E-state index in [1.165, 1.54) is 36.4 Å². The highest BCUT2D eigenvalue weighted by molar-refractivity contribution is 6.42. The second kappa shape index (κ2) is 7.94. The highest BCUT2D eigenvalue weighted by Crippen LogP contribution is 2.22. The number of carbonyl (C=O) groups is 2. The van der Waals surface area contributed by atoms with Crippen LogP contribution in [0, 0.1) is 5.82 Å². The van der Waals surface area contributed by atoms with Crippen LogP contribution in [0.25, 0.3) is 0 Å². The number of amides is 1. The van der Waals surface area contributed by atoms with Gasteiger partial charge in [0.2, 0.25) is 0 Å². The Morgan fingerprint density at radius 3 is 2.52 bits per heavy atom. The summed E-state index contributed by atoms with van der Waals surface area (Å²) in [5.74, 6) is -1.63. The van der Waals surface area contributed by atoms with E-state index in [-0.39, 0.29) is 29.3 Å². The lowest BCUT2D eigenvalue weighted by Gasteiger charge is -2.08. The molecular formula is C16H12Cl2FNO3. The molecule has 2 rings (SSSR count). The van der Waals surface area contributed by atoms with E-state index >= 15 is 0 Å². The second-order valence-corrected chi connectivity index (χ2v) is 5.38. The van der Waals surface area contributed by atoms with Gasteiger partial charge in [0.05, 0.1) is 10.0 Å². The van der Waals surface area contributed by atoms with Gasteiger partial charge in [0, 0.05) is 11.1 Å². The maximum absolute atomic E-state index is 13.4. The molecule has 0 aliphatic rings. The van der Waals surface area contributed by atoms with Gasteiger partial charge in [0.1, 0.15) is 19.0 Å². The molecule has 0 spiro atoms. The zero-order chi connectivity index (χ0) is 16.8. The van der Waals surface area contributed by atoms with Gasteiger partial charge in [-0.25, -0.2) is 4.39 Å². The lowest BCUT2D eigenvalue weighted by molar-refractivity contribution is -0.143. The summed E-state index contributed by atoms with van der Waals surface area (Å²) in [6.07, 6.45) is 0. The Balaban J connectivity index is 1.83.